The second kappa shape index (κ2) is 4.32. The third kappa shape index (κ3) is 2.13. The highest BCUT2D eigenvalue weighted by molar-refractivity contribution is 7.18. The van der Waals surface area contributed by atoms with Crippen molar-refractivity contribution in [1.82, 2.24) is 20.0 Å². The zero-order chi connectivity index (χ0) is 13.4. The fourth-order valence-corrected chi connectivity index (χ4v) is 2.19. The molecular weight excluding hydrogens is 267 g/mol. The molecule has 19 heavy (non-hydrogen) atoms. The molecule has 3 aromatic rings. The van der Waals surface area contributed by atoms with E-state index in [1.54, 1.807) is 24.4 Å². The predicted molar refractivity (Wildman–Crippen MR) is 71.2 cm³/mol. The second-order valence-electron chi connectivity index (χ2n) is 3.80. The molecule has 8 heteroatoms. The van der Waals surface area contributed by atoms with Crippen LogP contribution in [0.25, 0.3) is 16.4 Å². The molecule has 3 rings (SSSR count). The number of anilines is 2. The number of benzene rings is 1. The van der Waals surface area contributed by atoms with Crippen molar-refractivity contribution >= 4 is 22.2 Å². The predicted octanol–water partition coefficient (Wildman–Crippen LogP) is 1.69. The van der Waals surface area contributed by atoms with E-state index in [0.29, 0.717) is 27.2 Å². The molecule has 96 valence electrons. The number of hydrogen-bond donors (Lipinski definition) is 2. The van der Waals surface area contributed by atoms with Crippen LogP contribution in [-0.4, -0.2) is 20.0 Å². The molecule has 0 amide bonds. The first-order valence-corrected chi connectivity index (χ1v) is 6.15. The summed E-state index contributed by atoms with van der Waals surface area (Å²) in [7, 11) is 0. The van der Waals surface area contributed by atoms with Gasteiger partial charge in [-0.15, -0.1) is 10.2 Å². The summed E-state index contributed by atoms with van der Waals surface area (Å²) in [5.74, 6) is -0.438. The molecule has 4 N–H and O–H groups in total. The lowest BCUT2D eigenvalue weighted by atomic mass is 10.3. The summed E-state index contributed by atoms with van der Waals surface area (Å²) < 4.78 is 15.2. The summed E-state index contributed by atoms with van der Waals surface area (Å²) in [5.41, 5.74) is 12.3. The van der Waals surface area contributed by atoms with Crippen LogP contribution < -0.4 is 11.5 Å². The monoisotopic (exact) mass is 276 g/mol. The van der Waals surface area contributed by atoms with E-state index in [2.05, 4.69) is 15.3 Å². The zero-order valence-electron chi connectivity index (χ0n) is 9.62. The number of hydrogen-bond acceptors (Lipinski definition) is 6. The van der Waals surface area contributed by atoms with Crippen LogP contribution in [0, 0.1) is 5.82 Å². The van der Waals surface area contributed by atoms with Gasteiger partial charge in [-0.05, 0) is 24.3 Å². The van der Waals surface area contributed by atoms with Crippen LogP contribution in [-0.2, 0) is 0 Å². The third-order valence-electron chi connectivity index (χ3n) is 2.47. The van der Waals surface area contributed by atoms with Gasteiger partial charge in [-0.25, -0.2) is 9.07 Å². The normalized spacial score (nSPS) is 10.8. The molecule has 2 aromatic heterocycles. The average Bonchev–Trinajstić information content (AvgIpc) is 2.97. The highest BCUT2D eigenvalue weighted by atomic mass is 32.1. The van der Waals surface area contributed by atoms with Gasteiger partial charge in [-0.1, -0.05) is 11.3 Å². The van der Waals surface area contributed by atoms with Gasteiger partial charge in [0.1, 0.15) is 11.4 Å². The van der Waals surface area contributed by atoms with E-state index in [-0.39, 0.29) is 0 Å². The summed E-state index contributed by atoms with van der Waals surface area (Å²) in [5, 5.41) is 12.8. The molecular formula is C11H9FN6S. The van der Waals surface area contributed by atoms with Gasteiger partial charge in [0, 0.05) is 11.9 Å². The van der Waals surface area contributed by atoms with Gasteiger partial charge in [-0.3, -0.25) is 0 Å². The lowest BCUT2D eigenvalue weighted by molar-refractivity contribution is 0.612. The van der Waals surface area contributed by atoms with E-state index in [9.17, 15) is 4.39 Å². The maximum Gasteiger partial charge on any atom is 0.203 e. The summed E-state index contributed by atoms with van der Waals surface area (Å²) in [4.78, 5) is 0. The van der Waals surface area contributed by atoms with E-state index in [0.717, 1.165) is 0 Å². The molecule has 0 saturated heterocycles. The smallest absolute Gasteiger partial charge is 0.203 e. The van der Waals surface area contributed by atoms with E-state index in [1.807, 2.05) is 0 Å². The molecule has 0 unspecified atom stereocenters. The minimum Gasteiger partial charge on any atom is -0.399 e. The van der Waals surface area contributed by atoms with Crippen molar-refractivity contribution in [3.8, 4) is 16.4 Å². The van der Waals surface area contributed by atoms with Crippen LogP contribution >= 0.6 is 11.3 Å². The van der Waals surface area contributed by atoms with Crippen molar-refractivity contribution in [1.29, 1.82) is 0 Å². The third-order valence-corrected chi connectivity index (χ3v) is 3.24. The molecule has 0 radical (unpaired) electrons. The number of halogens is 1. The molecule has 1 aromatic carbocycles. The van der Waals surface area contributed by atoms with Crippen molar-refractivity contribution in [2.24, 2.45) is 0 Å². The van der Waals surface area contributed by atoms with Crippen LogP contribution in [0.15, 0.2) is 30.5 Å². The fraction of sp³-hybridized carbons (Fsp3) is 0. The standard InChI is InChI=1S/C11H9FN6S/c12-7-5-6(13)1-2-9(7)18-4-3-8(17-18)10-15-16-11(14)19-10/h1-5H,13H2,(H2,14,16). The summed E-state index contributed by atoms with van der Waals surface area (Å²) in [6, 6.07) is 6.15. The van der Waals surface area contributed by atoms with Gasteiger partial charge in [0.05, 0.1) is 0 Å². The van der Waals surface area contributed by atoms with Crippen molar-refractivity contribution in [2.75, 3.05) is 11.5 Å². The Morgan fingerprint density at radius 3 is 2.68 bits per heavy atom. The van der Waals surface area contributed by atoms with Gasteiger partial charge in [0.25, 0.3) is 0 Å². The van der Waals surface area contributed by atoms with E-state index in [1.165, 1.54) is 22.1 Å². The van der Waals surface area contributed by atoms with E-state index in [4.69, 9.17) is 11.5 Å². The van der Waals surface area contributed by atoms with E-state index < -0.39 is 5.82 Å². The number of aromatic nitrogens is 4. The zero-order valence-corrected chi connectivity index (χ0v) is 10.4. The quantitative estimate of drug-likeness (QED) is 0.694. The lowest BCUT2D eigenvalue weighted by Crippen LogP contribution is -1.99. The van der Waals surface area contributed by atoms with Crippen LogP contribution in [0.4, 0.5) is 15.2 Å². The molecule has 0 saturated carbocycles. The summed E-state index contributed by atoms with van der Waals surface area (Å²) in [6.07, 6.45) is 1.64. The Bertz CT molecular complexity index is 734. The van der Waals surface area contributed by atoms with Gasteiger partial charge in [0.2, 0.25) is 5.13 Å². The Kier molecular flexibility index (Phi) is 2.64. The Hall–Kier alpha value is -2.48. The molecule has 0 bridgehead atoms. The molecule has 0 fully saturated rings. The second-order valence-corrected chi connectivity index (χ2v) is 4.81. The minimum absolute atomic E-state index is 0.318. The van der Waals surface area contributed by atoms with Crippen LogP contribution in [0.5, 0.6) is 0 Å². The highest BCUT2D eigenvalue weighted by Crippen LogP contribution is 2.24. The van der Waals surface area contributed by atoms with Crippen LogP contribution in [0.3, 0.4) is 0 Å². The van der Waals surface area contributed by atoms with Gasteiger partial charge in [0.15, 0.2) is 10.8 Å². The average molecular weight is 276 g/mol. The van der Waals surface area contributed by atoms with Crippen molar-refractivity contribution in [2.45, 2.75) is 0 Å². The maximum absolute atomic E-state index is 13.8. The SMILES string of the molecule is Nc1ccc(-n2ccc(-c3nnc(N)s3)n2)c(F)c1. The first-order chi connectivity index (χ1) is 9.13. The number of nitrogen functional groups attached to an aromatic ring is 2. The largest absolute Gasteiger partial charge is 0.399 e. The number of nitrogens with zero attached hydrogens (tertiary/aromatic N) is 4. The lowest BCUT2D eigenvalue weighted by Gasteiger charge is -2.03. The summed E-state index contributed by atoms with van der Waals surface area (Å²) >= 11 is 1.22. The molecule has 0 aliphatic carbocycles. The minimum atomic E-state index is -0.438. The first-order valence-electron chi connectivity index (χ1n) is 5.34. The van der Waals surface area contributed by atoms with Crippen molar-refractivity contribution in [3.05, 3.63) is 36.3 Å². The Morgan fingerprint density at radius 1 is 1.16 bits per heavy atom. The van der Waals surface area contributed by atoms with E-state index >= 15 is 0 Å². The molecule has 0 aliphatic heterocycles. The maximum atomic E-state index is 13.8. The van der Waals surface area contributed by atoms with Crippen molar-refractivity contribution < 1.29 is 4.39 Å². The topological polar surface area (TPSA) is 95.6 Å². The van der Waals surface area contributed by atoms with Crippen LogP contribution in [0.2, 0.25) is 0 Å². The highest BCUT2D eigenvalue weighted by Gasteiger charge is 2.11. The fourth-order valence-electron chi connectivity index (χ4n) is 1.62. The molecule has 2 heterocycles. The van der Waals surface area contributed by atoms with Gasteiger partial charge < -0.3 is 11.5 Å². The van der Waals surface area contributed by atoms with Crippen LogP contribution in [0.1, 0.15) is 0 Å². The van der Waals surface area contributed by atoms with Gasteiger partial charge in [-0.2, -0.15) is 5.10 Å². The molecule has 6 nitrogen and oxygen atoms in total. The Labute approximate surface area is 111 Å². The number of rotatable bonds is 2. The molecule has 0 spiro atoms. The number of nitrogens with two attached hydrogens (primary N) is 2. The van der Waals surface area contributed by atoms with Gasteiger partial charge >= 0.3 is 0 Å². The Morgan fingerprint density at radius 2 is 2.00 bits per heavy atom. The molecule has 0 aliphatic rings. The Balaban J connectivity index is 2.01. The first kappa shape index (κ1) is 11.6. The summed E-state index contributed by atoms with van der Waals surface area (Å²) in [6.45, 7) is 0. The van der Waals surface area contributed by atoms with Crippen molar-refractivity contribution in [3.63, 3.8) is 0 Å². The molecule has 0 atom stereocenters.